The quantitative estimate of drug-likeness (QED) is 0.770. The summed E-state index contributed by atoms with van der Waals surface area (Å²) in [6.45, 7) is 4.00. The molecule has 1 aromatic rings. The van der Waals surface area contributed by atoms with E-state index in [1.165, 1.54) is 44.5 Å². The maximum atomic E-state index is 6.27. The smallest absolute Gasteiger partial charge is 0.118 e. The third-order valence-corrected chi connectivity index (χ3v) is 4.17. The Kier molecular flexibility index (Phi) is 4.84. The third-order valence-electron chi connectivity index (χ3n) is 3.83. The minimum atomic E-state index is 0.511. The van der Waals surface area contributed by atoms with E-state index in [0.717, 1.165) is 5.02 Å². The number of halogens is 1. The van der Waals surface area contributed by atoms with Gasteiger partial charge in [0.2, 0.25) is 0 Å². The zero-order chi connectivity index (χ0) is 12.1. The van der Waals surface area contributed by atoms with Crippen LogP contribution in [0.25, 0.3) is 0 Å². The average molecular weight is 255 g/mol. The highest BCUT2D eigenvalue weighted by Gasteiger charge is 2.21. The first kappa shape index (κ1) is 12.9. The molecular weight excluding hydrogens is 232 g/mol. The normalized spacial score (nSPS) is 18.5. The molecule has 94 valence electrons. The van der Waals surface area contributed by atoms with E-state index < -0.39 is 0 Å². The molecule has 1 aliphatic rings. The Morgan fingerprint density at radius 3 is 2.65 bits per heavy atom. The summed E-state index contributed by atoms with van der Waals surface area (Å²) in [5, 5.41) is 3.20. The van der Waals surface area contributed by atoms with E-state index in [4.69, 9.17) is 11.6 Å². The summed E-state index contributed by atoms with van der Waals surface area (Å²) in [5.41, 5.74) is 1.29. The van der Waals surface area contributed by atoms with Crippen LogP contribution >= 0.6 is 11.6 Å². The Balaban J connectivity index is 1.94. The lowest BCUT2D eigenvalue weighted by atomic mass is 10.0. The minimum Gasteiger partial charge on any atom is -0.342 e. The van der Waals surface area contributed by atoms with Gasteiger partial charge in [-0.2, -0.15) is 0 Å². The summed E-state index contributed by atoms with van der Waals surface area (Å²) in [7, 11) is 2.15. The molecule has 0 radical (unpaired) electrons. The number of benzene rings is 1. The molecule has 3 N–H and O–H groups in total. The molecule has 1 aliphatic heterocycles. The highest BCUT2D eigenvalue weighted by Crippen LogP contribution is 2.21. The molecule has 1 atom stereocenters. The maximum absolute atomic E-state index is 6.27. The van der Waals surface area contributed by atoms with E-state index in [1.54, 1.807) is 4.90 Å². The van der Waals surface area contributed by atoms with Crippen LogP contribution in [0.5, 0.6) is 0 Å². The van der Waals surface area contributed by atoms with E-state index in [2.05, 4.69) is 24.5 Å². The number of hydrogen-bond donors (Lipinski definition) is 2. The highest BCUT2D eigenvalue weighted by atomic mass is 35.5. The molecule has 0 aromatic heterocycles. The van der Waals surface area contributed by atoms with Crippen LogP contribution in [-0.2, 0) is 0 Å². The Morgan fingerprint density at radius 2 is 2.00 bits per heavy atom. The molecular formula is C14H23ClN2+2. The van der Waals surface area contributed by atoms with E-state index >= 15 is 0 Å². The average Bonchev–Trinajstić information content (AvgIpc) is 2.85. The van der Waals surface area contributed by atoms with Gasteiger partial charge in [-0.05, 0) is 6.07 Å². The van der Waals surface area contributed by atoms with E-state index in [-0.39, 0.29) is 0 Å². The molecule has 2 rings (SSSR count). The van der Waals surface area contributed by atoms with Crippen LogP contribution in [0.3, 0.4) is 0 Å². The number of hydrogen-bond acceptors (Lipinski definition) is 0. The van der Waals surface area contributed by atoms with Crippen molar-refractivity contribution in [3.63, 3.8) is 0 Å². The summed E-state index contributed by atoms with van der Waals surface area (Å²) in [5.74, 6) is 0. The minimum absolute atomic E-state index is 0.511. The Labute approximate surface area is 109 Å². The van der Waals surface area contributed by atoms with Crippen LogP contribution in [-0.4, -0.2) is 26.7 Å². The van der Waals surface area contributed by atoms with Gasteiger partial charge in [0.1, 0.15) is 6.04 Å². The highest BCUT2D eigenvalue weighted by molar-refractivity contribution is 6.31. The van der Waals surface area contributed by atoms with Gasteiger partial charge < -0.3 is 10.2 Å². The molecule has 1 aromatic carbocycles. The predicted octanol–water partition coefficient (Wildman–Crippen LogP) is 0.643. The summed E-state index contributed by atoms with van der Waals surface area (Å²) >= 11 is 6.27. The van der Waals surface area contributed by atoms with Crippen molar-refractivity contribution >= 4 is 11.6 Å². The van der Waals surface area contributed by atoms with Crippen LogP contribution in [0.15, 0.2) is 24.3 Å². The fourth-order valence-electron chi connectivity index (χ4n) is 2.76. The predicted molar refractivity (Wildman–Crippen MR) is 71.5 cm³/mol. The molecule has 0 bridgehead atoms. The molecule has 0 amide bonds. The van der Waals surface area contributed by atoms with Crippen molar-refractivity contribution in [1.29, 1.82) is 0 Å². The summed E-state index contributed by atoms with van der Waals surface area (Å²) in [6, 6.07) is 8.75. The monoisotopic (exact) mass is 254 g/mol. The van der Waals surface area contributed by atoms with Crippen molar-refractivity contribution in [2.75, 3.05) is 26.7 Å². The fraction of sp³-hybridized carbons (Fsp3) is 0.571. The largest absolute Gasteiger partial charge is 0.342 e. The van der Waals surface area contributed by atoms with Crippen LogP contribution < -0.4 is 10.2 Å². The number of nitrogens with one attached hydrogen (secondary N) is 1. The molecule has 1 saturated heterocycles. The van der Waals surface area contributed by atoms with Crippen molar-refractivity contribution in [2.45, 2.75) is 25.3 Å². The Morgan fingerprint density at radius 1 is 1.29 bits per heavy atom. The van der Waals surface area contributed by atoms with Gasteiger partial charge in [-0.25, -0.2) is 0 Å². The van der Waals surface area contributed by atoms with Crippen molar-refractivity contribution in [1.82, 2.24) is 0 Å². The standard InChI is InChI=1S/C14H21ClN2/c1-16-14(8-11-17-9-4-5-10-17)12-6-2-3-7-13(12)15/h2-3,6-7,14,16H,4-5,8-11H2,1H3/p+2/t14-/m1/s1. The number of rotatable bonds is 5. The first-order chi connectivity index (χ1) is 8.31. The second-order valence-electron chi connectivity index (χ2n) is 4.96. The topological polar surface area (TPSA) is 21.1 Å². The number of nitrogens with two attached hydrogens (primary N) is 1. The van der Waals surface area contributed by atoms with Crippen LogP contribution in [0.2, 0.25) is 5.02 Å². The summed E-state index contributed by atoms with van der Waals surface area (Å²) < 4.78 is 0. The van der Waals surface area contributed by atoms with Crippen molar-refractivity contribution < 1.29 is 10.2 Å². The van der Waals surface area contributed by atoms with Crippen molar-refractivity contribution in [3.8, 4) is 0 Å². The third kappa shape index (κ3) is 3.44. The van der Waals surface area contributed by atoms with E-state index in [9.17, 15) is 0 Å². The molecule has 0 unspecified atom stereocenters. The first-order valence-corrected chi connectivity index (χ1v) is 7.06. The summed E-state index contributed by atoms with van der Waals surface area (Å²) in [4.78, 5) is 1.77. The molecule has 0 spiro atoms. The van der Waals surface area contributed by atoms with E-state index in [1.807, 2.05) is 12.1 Å². The molecule has 2 nitrogen and oxygen atoms in total. The molecule has 0 aliphatic carbocycles. The first-order valence-electron chi connectivity index (χ1n) is 6.68. The van der Waals surface area contributed by atoms with E-state index in [0.29, 0.717) is 6.04 Å². The number of quaternary nitrogens is 2. The molecule has 1 heterocycles. The van der Waals surface area contributed by atoms with Gasteiger partial charge in [0.15, 0.2) is 0 Å². The second kappa shape index (κ2) is 6.39. The second-order valence-corrected chi connectivity index (χ2v) is 5.36. The van der Waals surface area contributed by atoms with Crippen molar-refractivity contribution in [3.05, 3.63) is 34.9 Å². The van der Waals surface area contributed by atoms with Gasteiger partial charge in [0, 0.05) is 23.4 Å². The van der Waals surface area contributed by atoms with Gasteiger partial charge in [-0.15, -0.1) is 0 Å². The molecule has 1 fully saturated rings. The van der Waals surface area contributed by atoms with Gasteiger partial charge >= 0.3 is 0 Å². The summed E-state index contributed by atoms with van der Waals surface area (Å²) in [6.07, 6.45) is 4.03. The maximum Gasteiger partial charge on any atom is 0.118 e. The Hall–Kier alpha value is -0.570. The Bertz CT molecular complexity index is 348. The lowest BCUT2D eigenvalue weighted by molar-refractivity contribution is -0.890. The van der Waals surface area contributed by atoms with Gasteiger partial charge in [-0.3, -0.25) is 0 Å². The SMILES string of the molecule is C[NH2+][C@H](CC[NH+]1CCCC1)c1ccccc1Cl. The lowest BCUT2D eigenvalue weighted by Gasteiger charge is -2.17. The van der Waals surface area contributed by atoms with Gasteiger partial charge in [-0.1, -0.05) is 29.8 Å². The van der Waals surface area contributed by atoms with Gasteiger partial charge in [0.05, 0.1) is 33.1 Å². The van der Waals surface area contributed by atoms with Crippen molar-refractivity contribution in [2.24, 2.45) is 0 Å². The van der Waals surface area contributed by atoms with Crippen LogP contribution in [0.4, 0.5) is 0 Å². The zero-order valence-corrected chi connectivity index (χ0v) is 11.3. The number of likely N-dealkylation sites (tertiary alicyclic amines) is 1. The molecule has 17 heavy (non-hydrogen) atoms. The molecule has 0 saturated carbocycles. The van der Waals surface area contributed by atoms with Crippen LogP contribution in [0, 0.1) is 0 Å². The lowest BCUT2D eigenvalue weighted by Crippen LogP contribution is -3.10. The fourth-order valence-corrected chi connectivity index (χ4v) is 3.04. The van der Waals surface area contributed by atoms with Gasteiger partial charge in [0.25, 0.3) is 0 Å². The zero-order valence-electron chi connectivity index (χ0n) is 10.6. The molecule has 3 heteroatoms. The van der Waals surface area contributed by atoms with Crippen LogP contribution in [0.1, 0.15) is 30.9 Å².